The number of hydrogen-bond acceptors (Lipinski definition) is 5. The van der Waals surface area contributed by atoms with Crippen LogP contribution < -0.4 is 4.74 Å². The number of rotatable bonds is 10. The number of aliphatic carboxylic acids is 1. The van der Waals surface area contributed by atoms with Crippen molar-refractivity contribution in [2.24, 2.45) is 5.92 Å². The van der Waals surface area contributed by atoms with E-state index in [0.29, 0.717) is 24.6 Å². The first-order valence-corrected chi connectivity index (χ1v) is 11.5. The molecule has 0 radical (unpaired) electrons. The number of likely N-dealkylation sites (tertiary alicyclic amines) is 1. The van der Waals surface area contributed by atoms with Gasteiger partial charge in [0.05, 0.1) is 19.4 Å². The van der Waals surface area contributed by atoms with Gasteiger partial charge in [0.25, 0.3) is 5.91 Å². The van der Waals surface area contributed by atoms with Gasteiger partial charge < -0.3 is 19.2 Å². The minimum Gasteiger partial charge on any atom is -0.493 e. The summed E-state index contributed by atoms with van der Waals surface area (Å²) in [5.41, 5.74) is 2.49. The van der Waals surface area contributed by atoms with Gasteiger partial charge in [0.15, 0.2) is 0 Å². The molecule has 7 heteroatoms. The molecule has 1 saturated heterocycles. The molecular formula is C27H30N2O5. The van der Waals surface area contributed by atoms with E-state index in [1.54, 1.807) is 6.26 Å². The molecular weight excluding hydrogens is 432 g/mol. The zero-order valence-corrected chi connectivity index (χ0v) is 19.5. The summed E-state index contributed by atoms with van der Waals surface area (Å²) in [5, 5.41) is 8.88. The number of carbonyl (C=O) groups is 2. The van der Waals surface area contributed by atoms with Gasteiger partial charge in [-0.25, -0.2) is 0 Å². The van der Waals surface area contributed by atoms with Gasteiger partial charge in [-0.1, -0.05) is 30.3 Å². The summed E-state index contributed by atoms with van der Waals surface area (Å²) in [4.78, 5) is 27.9. The maximum absolute atomic E-state index is 13.4. The van der Waals surface area contributed by atoms with Crippen LogP contribution in [0.4, 0.5) is 0 Å². The Balaban J connectivity index is 1.41. The molecule has 0 bridgehead atoms. The molecule has 7 nitrogen and oxygen atoms in total. The van der Waals surface area contributed by atoms with Gasteiger partial charge in [0.1, 0.15) is 11.5 Å². The molecule has 1 aromatic heterocycles. The minimum atomic E-state index is -0.807. The summed E-state index contributed by atoms with van der Waals surface area (Å²) in [6.07, 6.45) is 1.63. The topological polar surface area (TPSA) is 83.2 Å². The van der Waals surface area contributed by atoms with Crippen LogP contribution in [0.1, 0.15) is 29.8 Å². The van der Waals surface area contributed by atoms with Gasteiger partial charge in [-0.05, 0) is 44.2 Å². The van der Waals surface area contributed by atoms with Crippen LogP contribution in [0.15, 0.2) is 71.3 Å². The summed E-state index contributed by atoms with van der Waals surface area (Å²) in [6, 6.07) is 19.0. The molecule has 4 rings (SSSR count). The predicted octanol–water partition coefficient (Wildman–Crippen LogP) is 4.39. The second-order valence-electron chi connectivity index (χ2n) is 8.95. The second-order valence-corrected chi connectivity index (χ2v) is 8.95. The Hall–Kier alpha value is -3.58. The first-order chi connectivity index (χ1) is 16.4. The van der Waals surface area contributed by atoms with Crippen molar-refractivity contribution in [3.63, 3.8) is 0 Å². The van der Waals surface area contributed by atoms with Crippen LogP contribution in [0.3, 0.4) is 0 Å². The molecule has 1 aliphatic rings. The Morgan fingerprint density at radius 2 is 1.82 bits per heavy atom. The van der Waals surface area contributed by atoms with Gasteiger partial charge in [0, 0.05) is 48.3 Å². The number of carbonyl (C=O) groups excluding carboxylic acids is 1. The van der Waals surface area contributed by atoms with Crippen molar-refractivity contribution < 1.29 is 23.8 Å². The molecule has 3 aromatic rings. The second kappa shape index (κ2) is 10.6. The molecule has 0 saturated carbocycles. The first kappa shape index (κ1) is 23.6. The van der Waals surface area contributed by atoms with Crippen LogP contribution in [0, 0.1) is 5.92 Å². The van der Waals surface area contributed by atoms with E-state index < -0.39 is 5.97 Å². The van der Waals surface area contributed by atoms with Gasteiger partial charge in [-0.15, -0.1) is 0 Å². The summed E-state index contributed by atoms with van der Waals surface area (Å²) in [6.45, 7) is 6.48. The number of nitrogens with zero attached hydrogens (tertiary/aromatic N) is 2. The van der Waals surface area contributed by atoms with E-state index in [1.807, 2.05) is 84.3 Å². The van der Waals surface area contributed by atoms with Crippen molar-refractivity contribution in [1.82, 2.24) is 9.80 Å². The van der Waals surface area contributed by atoms with Crippen molar-refractivity contribution in [1.29, 1.82) is 0 Å². The zero-order chi connectivity index (χ0) is 24.1. The summed E-state index contributed by atoms with van der Waals surface area (Å²) in [5.74, 6) is 0.981. The molecule has 34 heavy (non-hydrogen) atoms. The number of carboxylic acid groups (broad SMARTS) is 1. The van der Waals surface area contributed by atoms with Crippen LogP contribution in [-0.4, -0.2) is 59.1 Å². The zero-order valence-electron chi connectivity index (χ0n) is 19.5. The highest BCUT2D eigenvalue weighted by molar-refractivity contribution is 5.94. The largest absolute Gasteiger partial charge is 0.493 e. The van der Waals surface area contributed by atoms with E-state index in [2.05, 4.69) is 0 Å². The standard InChI is InChI=1S/C27H30N2O5/c1-19(2)29(27(32)22-11-9-21(10-12-22)24-8-5-13-33-24)16-23-6-3-4-7-25(23)34-18-20-14-28(15-20)17-26(30)31/h3-13,19-20H,14-18H2,1-2H3,(H,30,31). The molecule has 178 valence electrons. The van der Waals surface area contributed by atoms with E-state index >= 15 is 0 Å². The van der Waals surface area contributed by atoms with Crippen molar-refractivity contribution >= 4 is 11.9 Å². The minimum absolute atomic E-state index is 0.00140. The third-order valence-corrected chi connectivity index (χ3v) is 6.00. The summed E-state index contributed by atoms with van der Waals surface area (Å²) >= 11 is 0. The first-order valence-electron chi connectivity index (χ1n) is 11.5. The highest BCUT2D eigenvalue weighted by Crippen LogP contribution is 2.25. The average molecular weight is 463 g/mol. The fraction of sp³-hybridized carbons (Fsp3) is 0.333. The van der Waals surface area contributed by atoms with E-state index in [0.717, 1.165) is 35.7 Å². The Bertz CT molecular complexity index is 1100. The SMILES string of the molecule is CC(C)N(Cc1ccccc1OCC1CN(CC(=O)O)C1)C(=O)c1ccc(-c2ccco2)cc1. The summed E-state index contributed by atoms with van der Waals surface area (Å²) < 4.78 is 11.5. The molecule has 2 aromatic carbocycles. The Morgan fingerprint density at radius 1 is 1.09 bits per heavy atom. The van der Waals surface area contributed by atoms with Crippen LogP contribution in [0.25, 0.3) is 11.3 Å². The smallest absolute Gasteiger partial charge is 0.317 e. The quantitative estimate of drug-likeness (QED) is 0.481. The van der Waals surface area contributed by atoms with E-state index in [-0.39, 0.29) is 18.5 Å². The van der Waals surface area contributed by atoms with Crippen LogP contribution in [0.2, 0.25) is 0 Å². The maximum atomic E-state index is 13.4. The van der Waals surface area contributed by atoms with E-state index in [9.17, 15) is 9.59 Å². The molecule has 0 spiro atoms. The van der Waals surface area contributed by atoms with Crippen molar-refractivity contribution in [3.8, 4) is 17.1 Å². The Labute approximate surface area is 199 Å². The molecule has 0 aliphatic carbocycles. The number of benzene rings is 2. The lowest BCUT2D eigenvalue weighted by atomic mass is 10.0. The number of carboxylic acids is 1. The lowest BCUT2D eigenvalue weighted by Gasteiger charge is -2.38. The molecule has 1 N–H and O–H groups in total. The molecule has 1 fully saturated rings. The lowest BCUT2D eigenvalue weighted by molar-refractivity contribution is -0.140. The molecule has 1 aliphatic heterocycles. The Morgan fingerprint density at radius 3 is 2.47 bits per heavy atom. The highest BCUT2D eigenvalue weighted by atomic mass is 16.5. The van der Waals surface area contributed by atoms with E-state index in [4.69, 9.17) is 14.3 Å². The normalized spacial score (nSPS) is 14.1. The fourth-order valence-electron chi connectivity index (χ4n) is 4.14. The van der Waals surface area contributed by atoms with Gasteiger partial charge in [-0.2, -0.15) is 0 Å². The predicted molar refractivity (Wildman–Crippen MR) is 129 cm³/mol. The van der Waals surface area contributed by atoms with Crippen molar-refractivity contribution in [3.05, 3.63) is 78.1 Å². The lowest BCUT2D eigenvalue weighted by Crippen LogP contribution is -2.51. The van der Waals surface area contributed by atoms with Crippen LogP contribution >= 0.6 is 0 Å². The van der Waals surface area contributed by atoms with Crippen molar-refractivity contribution in [2.45, 2.75) is 26.4 Å². The van der Waals surface area contributed by atoms with Gasteiger partial charge >= 0.3 is 5.97 Å². The fourth-order valence-corrected chi connectivity index (χ4v) is 4.14. The number of furan rings is 1. The van der Waals surface area contributed by atoms with Crippen molar-refractivity contribution in [2.75, 3.05) is 26.2 Å². The number of para-hydroxylation sites is 1. The third-order valence-electron chi connectivity index (χ3n) is 6.00. The average Bonchev–Trinajstić information content (AvgIpc) is 3.34. The molecule has 0 unspecified atom stereocenters. The monoisotopic (exact) mass is 462 g/mol. The molecule has 1 amide bonds. The Kier molecular flexibility index (Phi) is 7.33. The van der Waals surface area contributed by atoms with Gasteiger partial charge in [-0.3, -0.25) is 14.5 Å². The van der Waals surface area contributed by atoms with Gasteiger partial charge in [0.2, 0.25) is 0 Å². The number of hydrogen-bond donors (Lipinski definition) is 1. The van der Waals surface area contributed by atoms with Crippen LogP contribution in [0.5, 0.6) is 5.75 Å². The summed E-state index contributed by atoms with van der Waals surface area (Å²) in [7, 11) is 0. The highest BCUT2D eigenvalue weighted by Gasteiger charge is 2.29. The van der Waals surface area contributed by atoms with Crippen LogP contribution in [-0.2, 0) is 11.3 Å². The molecule has 0 atom stereocenters. The number of ether oxygens (including phenoxy) is 1. The third kappa shape index (κ3) is 5.66. The van der Waals surface area contributed by atoms with E-state index in [1.165, 1.54) is 0 Å². The number of amides is 1. The molecule has 2 heterocycles. The maximum Gasteiger partial charge on any atom is 0.317 e.